The van der Waals surface area contributed by atoms with Crippen molar-refractivity contribution in [1.29, 1.82) is 0 Å². The molecule has 1 aromatic heterocycles. The third kappa shape index (κ3) is 3.03. The fourth-order valence-electron chi connectivity index (χ4n) is 5.19. The van der Waals surface area contributed by atoms with E-state index in [0.717, 1.165) is 54.2 Å². The van der Waals surface area contributed by atoms with Gasteiger partial charge in [0.15, 0.2) is 0 Å². The Morgan fingerprint density at radius 3 is 2.73 bits per heavy atom. The largest absolute Gasteiger partial charge is 0.490 e. The van der Waals surface area contributed by atoms with Crippen LogP contribution in [0.2, 0.25) is 0 Å². The minimum Gasteiger partial charge on any atom is -0.490 e. The van der Waals surface area contributed by atoms with Crippen LogP contribution >= 0.6 is 0 Å². The van der Waals surface area contributed by atoms with Gasteiger partial charge in [-0.15, -0.1) is 0 Å². The Morgan fingerprint density at radius 1 is 1.10 bits per heavy atom. The molecule has 0 saturated heterocycles. The molecular formula is C23H26N4O3. The van der Waals surface area contributed by atoms with E-state index in [4.69, 9.17) is 24.9 Å². The van der Waals surface area contributed by atoms with Gasteiger partial charge >= 0.3 is 0 Å². The molecule has 1 unspecified atom stereocenters. The zero-order valence-electron chi connectivity index (χ0n) is 16.9. The molecule has 1 spiro atoms. The molecule has 6 rings (SSSR count). The number of aromatic nitrogens is 2. The van der Waals surface area contributed by atoms with E-state index in [-0.39, 0.29) is 24.1 Å². The number of amidine groups is 1. The molecule has 0 bridgehead atoms. The molecule has 1 aromatic carbocycles. The third-order valence-electron chi connectivity index (χ3n) is 6.98. The molecule has 2 aliphatic heterocycles. The maximum absolute atomic E-state index is 6.48. The molecule has 156 valence electrons. The van der Waals surface area contributed by atoms with Crippen LogP contribution in [-0.2, 0) is 15.0 Å². The van der Waals surface area contributed by atoms with Gasteiger partial charge in [0.05, 0.1) is 6.10 Å². The molecule has 0 amide bonds. The molecule has 2 N–H and O–H groups in total. The van der Waals surface area contributed by atoms with Crippen LogP contribution < -0.4 is 10.5 Å². The summed E-state index contributed by atoms with van der Waals surface area (Å²) in [6, 6.07) is 6.49. The number of rotatable bonds is 4. The molecule has 4 atom stereocenters. The van der Waals surface area contributed by atoms with Crippen molar-refractivity contribution in [3.63, 3.8) is 0 Å². The van der Waals surface area contributed by atoms with Gasteiger partial charge in [0.2, 0.25) is 0 Å². The molecular weight excluding hydrogens is 380 g/mol. The van der Waals surface area contributed by atoms with E-state index in [2.05, 4.69) is 22.1 Å². The number of benzene rings is 1. The van der Waals surface area contributed by atoms with Crippen molar-refractivity contribution in [2.24, 2.45) is 22.6 Å². The lowest BCUT2D eigenvalue weighted by Gasteiger charge is -2.48. The Balaban J connectivity index is 1.38. The Morgan fingerprint density at radius 2 is 1.97 bits per heavy atom. The lowest BCUT2D eigenvalue weighted by Crippen LogP contribution is -2.52. The molecule has 30 heavy (non-hydrogen) atoms. The van der Waals surface area contributed by atoms with E-state index in [1.54, 1.807) is 0 Å². The Hall–Kier alpha value is -2.67. The number of nitrogens with two attached hydrogens (primary N) is 1. The number of ether oxygens (including phenoxy) is 3. The van der Waals surface area contributed by atoms with Gasteiger partial charge in [0.25, 0.3) is 6.02 Å². The third-order valence-corrected chi connectivity index (χ3v) is 6.98. The Kier molecular flexibility index (Phi) is 4.19. The van der Waals surface area contributed by atoms with Crippen LogP contribution in [0.3, 0.4) is 0 Å². The standard InChI is InChI=1S/C23H26N4O3/c24-22-27-23(12-29-22)18-7-15(16-9-25-13-26-10-16)3-5-20(18)30-21-6-4-17(8-19(21)23)28-11-14-1-2-14/h3,5,7,9-10,13-14,17,19,21H,1-2,4,6,8,11-12H2,(H2,24,27)/t17-,19-,21-,23?/m0/s1. The molecule has 2 saturated carbocycles. The van der Waals surface area contributed by atoms with E-state index < -0.39 is 5.54 Å². The minimum atomic E-state index is -0.532. The average Bonchev–Trinajstić information content (AvgIpc) is 3.54. The second-order valence-corrected chi connectivity index (χ2v) is 8.98. The smallest absolute Gasteiger partial charge is 0.283 e. The topological polar surface area (TPSA) is 91.9 Å². The predicted octanol–water partition coefficient (Wildman–Crippen LogP) is 3.04. The van der Waals surface area contributed by atoms with Crippen molar-refractivity contribution in [3.8, 4) is 16.9 Å². The highest BCUT2D eigenvalue weighted by Gasteiger charge is 2.55. The SMILES string of the molecule is NC1=NC2(CO1)c1cc(-c3cncnc3)ccc1O[C@H]1CC[C@H](OCC3CC3)C[C@@H]12. The summed E-state index contributed by atoms with van der Waals surface area (Å²) in [5.41, 5.74) is 8.55. The summed E-state index contributed by atoms with van der Waals surface area (Å²) in [4.78, 5) is 13.2. The quantitative estimate of drug-likeness (QED) is 0.839. The molecule has 4 aliphatic rings. The first-order chi connectivity index (χ1) is 14.7. The summed E-state index contributed by atoms with van der Waals surface area (Å²) in [6.07, 6.45) is 11.0. The molecule has 0 radical (unpaired) electrons. The van der Waals surface area contributed by atoms with Crippen molar-refractivity contribution >= 4 is 6.02 Å². The van der Waals surface area contributed by atoms with E-state index in [0.29, 0.717) is 6.61 Å². The van der Waals surface area contributed by atoms with Crippen molar-refractivity contribution in [1.82, 2.24) is 9.97 Å². The summed E-state index contributed by atoms with van der Waals surface area (Å²) in [5.74, 6) is 1.81. The number of aliphatic imine (C=N–C) groups is 1. The van der Waals surface area contributed by atoms with Crippen molar-refractivity contribution < 1.29 is 14.2 Å². The predicted molar refractivity (Wildman–Crippen MR) is 111 cm³/mol. The number of fused-ring (bicyclic) bond motifs is 4. The zero-order valence-corrected chi connectivity index (χ0v) is 16.9. The maximum atomic E-state index is 6.48. The highest BCUT2D eigenvalue weighted by atomic mass is 16.5. The Bertz CT molecular complexity index is 978. The van der Waals surface area contributed by atoms with Crippen LogP contribution in [0.15, 0.2) is 41.9 Å². The number of hydrogen-bond donors (Lipinski definition) is 1. The summed E-state index contributed by atoms with van der Waals surface area (Å²) in [6.45, 7) is 1.33. The van der Waals surface area contributed by atoms with Crippen molar-refractivity contribution in [2.75, 3.05) is 13.2 Å². The molecule has 3 heterocycles. The summed E-state index contributed by atoms with van der Waals surface area (Å²) in [5, 5.41) is 0. The van der Waals surface area contributed by atoms with Gasteiger partial charge in [0.1, 0.15) is 30.3 Å². The fourth-order valence-corrected chi connectivity index (χ4v) is 5.19. The van der Waals surface area contributed by atoms with Gasteiger partial charge in [-0.3, -0.25) is 0 Å². The monoisotopic (exact) mass is 406 g/mol. The summed E-state index contributed by atoms with van der Waals surface area (Å²) < 4.78 is 18.5. The molecule has 7 nitrogen and oxygen atoms in total. The summed E-state index contributed by atoms with van der Waals surface area (Å²) in [7, 11) is 0. The molecule has 2 fully saturated rings. The first kappa shape index (κ1) is 18.1. The van der Waals surface area contributed by atoms with E-state index in [9.17, 15) is 0 Å². The van der Waals surface area contributed by atoms with Crippen LogP contribution in [0.4, 0.5) is 0 Å². The number of hydrogen-bond acceptors (Lipinski definition) is 7. The van der Waals surface area contributed by atoms with Crippen LogP contribution in [0.25, 0.3) is 11.1 Å². The van der Waals surface area contributed by atoms with Crippen molar-refractivity contribution in [3.05, 3.63) is 42.5 Å². The van der Waals surface area contributed by atoms with E-state index in [1.807, 2.05) is 18.5 Å². The minimum absolute atomic E-state index is 0.0995. The Labute approximate surface area is 175 Å². The van der Waals surface area contributed by atoms with Crippen molar-refractivity contribution in [2.45, 2.75) is 49.9 Å². The second-order valence-electron chi connectivity index (χ2n) is 8.98. The second kappa shape index (κ2) is 6.94. The lowest BCUT2D eigenvalue weighted by molar-refractivity contribution is -0.0643. The first-order valence-corrected chi connectivity index (χ1v) is 10.9. The molecule has 2 aliphatic carbocycles. The van der Waals surface area contributed by atoms with Crippen LogP contribution in [0, 0.1) is 11.8 Å². The maximum Gasteiger partial charge on any atom is 0.283 e. The van der Waals surface area contributed by atoms with Gasteiger partial charge in [-0.25, -0.2) is 15.0 Å². The normalized spacial score (nSPS) is 32.0. The lowest BCUT2D eigenvalue weighted by atomic mass is 9.67. The van der Waals surface area contributed by atoms with Crippen LogP contribution in [0.5, 0.6) is 5.75 Å². The van der Waals surface area contributed by atoms with E-state index >= 15 is 0 Å². The fraction of sp³-hybridized carbons (Fsp3) is 0.522. The van der Waals surface area contributed by atoms with Gasteiger partial charge in [-0.2, -0.15) is 0 Å². The van der Waals surface area contributed by atoms with Gasteiger partial charge in [-0.05, 0) is 55.7 Å². The zero-order chi connectivity index (χ0) is 20.1. The summed E-state index contributed by atoms with van der Waals surface area (Å²) >= 11 is 0. The highest BCUT2D eigenvalue weighted by molar-refractivity contribution is 5.75. The van der Waals surface area contributed by atoms with Gasteiger partial charge in [0, 0.05) is 36.0 Å². The van der Waals surface area contributed by atoms with Gasteiger partial charge < -0.3 is 19.9 Å². The van der Waals surface area contributed by atoms with E-state index in [1.165, 1.54) is 19.2 Å². The number of nitrogens with zero attached hydrogens (tertiary/aromatic N) is 3. The molecule has 2 aromatic rings. The van der Waals surface area contributed by atoms with Gasteiger partial charge in [-0.1, -0.05) is 6.07 Å². The highest BCUT2D eigenvalue weighted by Crippen LogP contribution is 2.53. The first-order valence-electron chi connectivity index (χ1n) is 10.9. The van der Waals surface area contributed by atoms with Crippen LogP contribution in [0.1, 0.15) is 37.7 Å². The average molecular weight is 406 g/mol. The molecule has 7 heteroatoms. The van der Waals surface area contributed by atoms with Crippen LogP contribution in [-0.4, -0.2) is 41.4 Å².